The fraction of sp³-hybridized carbons (Fsp3) is 0.818. The van der Waals surface area contributed by atoms with Crippen LogP contribution in [0, 0.1) is 0 Å². The minimum Gasteiger partial charge on any atom is -0.343 e. The quantitative estimate of drug-likeness (QED) is 0.691. The maximum atomic E-state index is 11.6. The Morgan fingerprint density at radius 1 is 1.00 bits per heavy atom. The van der Waals surface area contributed by atoms with E-state index in [-0.39, 0.29) is 11.7 Å². The van der Waals surface area contributed by atoms with Gasteiger partial charge in [0.2, 0.25) is 5.91 Å². The van der Waals surface area contributed by atoms with Crippen molar-refractivity contribution in [3.8, 4) is 0 Å². The second-order valence-corrected chi connectivity index (χ2v) is 4.00. The number of rotatable bonds is 3. The highest BCUT2D eigenvalue weighted by molar-refractivity contribution is 5.83. The van der Waals surface area contributed by atoms with E-state index in [9.17, 15) is 9.59 Å². The predicted molar refractivity (Wildman–Crippen MR) is 55.0 cm³/mol. The molecular weight excluding hydrogens is 178 g/mol. The fourth-order valence-corrected chi connectivity index (χ4v) is 1.76. The molecule has 0 aromatic carbocycles. The van der Waals surface area contributed by atoms with Crippen LogP contribution in [0.1, 0.15) is 45.4 Å². The zero-order valence-corrected chi connectivity index (χ0v) is 8.92. The zero-order chi connectivity index (χ0) is 10.4. The molecule has 0 aromatic heterocycles. The third-order valence-corrected chi connectivity index (χ3v) is 2.65. The van der Waals surface area contributed by atoms with Gasteiger partial charge in [-0.05, 0) is 19.8 Å². The molecule has 1 rings (SSSR count). The van der Waals surface area contributed by atoms with E-state index in [1.807, 2.05) is 4.90 Å². The normalized spacial score (nSPS) is 17.6. The van der Waals surface area contributed by atoms with Crippen LogP contribution in [0.25, 0.3) is 0 Å². The van der Waals surface area contributed by atoms with Gasteiger partial charge in [0.1, 0.15) is 5.78 Å². The largest absolute Gasteiger partial charge is 0.343 e. The van der Waals surface area contributed by atoms with Crippen molar-refractivity contribution >= 4 is 11.7 Å². The second-order valence-electron chi connectivity index (χ2n) is 4.00. The third kappa shape index (κ3) is 3.90. The topological polar surface area (TPSA) is 37.4 Å². The Morgan fingerprint density at radius 3 is 2.07 bits per heavy atom. The van der Waals surface area contributed by atoms with Crippen molar-refractivity contribution in [2.24, 2.45) is 0 Å². The van der Waals surface area contributed by atoms with Crippen molar-refractivity contribution in [3.05, 3.63) is 0 Å². The number of hydrogen-bond acceptors (Lipinski definition) is 2. The lowest BCUT2D eigenvalue weighted by Crippen LogP contribution is -2.31. The number of carbonyl (C=O) groups excluding carboxylic acids is 2. The van der Waals surface area contributed by atoms with Gasteiger partial charge in [-0.25, -0.2) is 0 Å². The van der Waals surface area contributed by atoms with E-state index in [2.05, 4.69) is 0 Å². The van der Waals surface area contributed by atoms with Gasteiger partial charge in [-0.15, -0.1) is 0 Å². The molecule has 1 aliphatic heterocycles. The van der Waals surface area contributed by atoms with Crippen LogP contribution in [0.4, 0.5) is 0 Å². The van der Waals surface area contributed by atoms with E-state index < -0.39 is 0 Å². The van der Waals surface area contributed by atoms with Crippen LogP contribution in [-0.2, 0) is 9.59 Å². The van der Waals surface area contributed by atoms with E-state index in [0.717, 1.165) is 25.9 Å². The molecule has 1 fully saturated rings. The molecule has 14 heavy (non-hydrogen) atoms. The number of likely N-dealkylation sites (tertiary alicyclic amines) is 1. The number of nitrogens with zero attached hydrogens (tertiary/aromatic N) is 1. The van der Waals surface area contributed by atoms with Crippen molar-refractivity contribution in [2.45, 2.75) is 45.4 Å². The number of amides is 1. The Hall–Kier alpha value is -0.860. The first-order valence-corrected chi connectivity index (χ1v) is 5.47. The van der Waals surface area contributed by atoms with Gasteiger partial charge in [-0.3, -0.25) is 4.79 Å². The van der Waals surface area contributed by atoms with Gasteiger partial charge in [-0.2, -0.15) is 0 Å². The number of hydrogen-bond donors (Lipinski definition) is 0. The van der Waals surface area contributed by atoms with Gasteiger partial charge in [0.15, 0.2) is 0 Å². The SMILES string of the molecule is CC(=O)CCC(=O)N1CCCCCC1. The van der Waals surface area contributed by atoms with E-state index in [0.29, 0.717) is 12.8 Å². The van der Waals surface area contributed by atoms with E-state index in [1.165, 1.54) is 19.8 Å². The molecule has 1 saturated heterocycles. The van der Waals surface area contributed by atoms with Gasteiger partial charge in [0, 0.05) is 25.9 Å². The molecule has 0 N–H and O–H groups in total. The van der Waals surface area contributed by atoms with Crippen LogP contribution in [0.15, 0.2) is 0 Å². The molecule has 3 heteroatoms. The van der Waals surface area contributed by atoms with Crippen molar-refractivity contribution in [2.75, 3.05) is 13.1 Å². The van der Waals surface area contributed by atoms with Gasteiger partial charge in [0.05, 0.1) is 0 Å². The third-order valence-electron chi connectivity index (χ3n) is 2.65. The standard InChI is InChI=1S/C11H19NO2/c1-10(13)6-7-11(14)12-8-4-2-3-5-9-12/h2-9H2,1H3. The monoisotopic (exact) mass is 197 g/mol. The zero-order valence-electron chi connectivity index (χ0n) is 8.92. The maximum Gasteiger partial charge on any atom is 0.223 e. The van der Waals surface area contributed by atoms with Crippen molar-refractivity contribution in [3.63, 3.8) is 0 Å². The summed E-state index contributed by atoms with van der Waals surface area (Å²) < 4.78 is 0. The Bertz CT molecular complexity index is 205. The van der Waals surface area contributed by atoms with Crippen LogP contribution in [-0.4, -0.2) is 29.7 Å². The molecule has 0 atom stereocenters. The Kier molecular flexibility index (Phi) is 4.63. The predicted octanol–water partition coefficient (Wildman–Crippen LogP) is 1.76. The summed E-state index contributed by atoms with van der Waals surface area (Å²) in [6.45, 7) is 3.31. The van der Waals surface area contributed by atoms with Crippen LogP contribution >= 0.6 is 0 Å². The second kappa shape index (κ2) is 5.78. The van der Waals surface area contributed by atoms with Crippen LogP contribution in [0.2, 0.25) is 0 Å². The first kappa shape index (κ1) is 11.2. The van der Waals surface area contributed by atoms with Crippen LogP contribution < -0.4 is 0 Å². The first-order chi connectivity index (χ1) is 6.70. The summed E-state index contributed by atoms with van der Waals surface area (Å²) in [5.74, 6) is 0.260. The van der Waals surface area contributed by atoms with Gasteiger partial charge >= 0.3 is 0 Å². The summed E-state index contributed by atoms with van der Waals surface area (Å²) in [5, 5.41) is 0. The summed E-state index contributed by atoms with van der Waals surface area (Å²) in [6, 6.07) is 0. The molecule has 0 aliphatic carbocycles. The molecule has 80 valence electrons. The molecule has 1 amide bonds. The highest BCUT2D eigenvalue weighted by Gasteiger charge is 2.15. The Balaban J connectivity index is 2.30. The highest BCUT2D eigenvalue weighted by atomic mass is 16.2. The van der Waals surface area contributed by atoms with Crippen molar-refractivity contribution in [1.29, 1.82) is 0 Å². The van der Waals surface area contributed by atoms with E-state index in [1.54, 1.807) is 0 Å². The summed E-state index contributed by atoms with van der Waals surface area (Å²) in [6.07, 6.45) is 5.50. The minimum absolute atomic E-state index is 0.105. The van der Waals surface area contributed by atoms with Crippen LogP contribution in [0.3, 0.4) is 0 Å². The van der Waals surface area contributed by atoms with Gasteiger partial charge < -0.3 is 9.69 Å². The highest BCUT2D eigenvalue weighted by Crippen LogP contribution is 2.11. The number of ketones is 1. The maximum absolute atomic E-state index is 11.6. The molecule has 0 saturated carbocycles. The first-order valence-electron chi connectivity index (χ1n) is 5.47. The lowest BCUT2D eigenvalue weighted by molar-refractivity contribution is -0.132. The van der Waals surface area contributed by atoms with E-state index >= 15 is 0 Å². The molecule has 3 nitrogen and oxygen atoms in total. The summed E-state index contributed by atoms with van der Waals surface area (Å²) >= 11 is 0. The summed E-state index contributed by atoms with van der Waals surface area (Å²) in [4.78, 5) is 24.3. The lowest BCUT2D eigenvalue weighted by Gasteiger charge is -2.19. The fourth-order valence-electron chi connectivity index (χ4n) is 1.76. The smallest absolute Gasteiger partial charge is 0.223 e. The summed E-state index contributed by atoms with van der Waals surface area (Å²) in [7, 11) is 0. The Morgan fingerprint density at radius 2 is 1.57 bits per heavy atom. The van der Waals surface area contributed by atoms with Gasteiger partial charge in [-0.1, -0.05) is 12.8 Å². The van der Waals surface area contributed by atoms with Crippen molar-refractivity contribution in [1.82, 2.24) is 4.90 Å². The van der Waals surface area contributed by atoms with E-state index in [4.69, 9.17) is 0 Å². The average molecular weight is 197 g/mol. The summed E-state index contributed by atoms with van der Waals surface area (Å²) in [5.41, 5.74) is 0. The molecule has 1 heterocycles. The Labute approximate surface area is 85.5 Å². The van der Waals surface area contributed by atoms with Crippen molar-refractivity contribution < 1.29 is 9.59 Å². The van der Waals surface area contributed by atoms with Crippen LogP contribution in [0.5, 0.6) is 0 Å². The molecule has 0 spiro atoms. The molecule has 0 unspecified atom stereocenters. The average Bonchev–Trinajstić information content (AvgIpc) is 2.42. The minimum atomic E-state index is 0.105. The lowest BCUT2D eigenvalue weighted by atomic mass is 10.2. The molecule has 0 radical (unpaired) electrons. The molecular formula is C11H19NO2. The number of Topliss-reactive ketones (excluding diaryl/α,β-unsaturated/α-hetero) is 1. The molecule has 1 aliphatic rings. The molecule has 0 aromatic rings. The number of carbonyl (C=O) groups is 2. The molecule has 0 bridgehead atoms. The van der Waals surface area contributed by atoms with Gasteiger partial charge in [0.25, 0.3) is 0 Å².